The molecule has 1 amide bonds. The quantitative estimate of drug-likeness (QED) is 0.149. The molecular formula is C26H50N3O+. The van der Waals surface area contributed by atoms with E-state index in [0.717, 1.165) is 30.5 Å². The molecule has 2 atom stereocenters. The van der Waals surface area contributed by atoms with Gasteiger partial charge in [-0.2, -0.15) is 0 Å². The lowest BCUT2D eigenvalue weighted by Gasteiger charge is -2.39. The van der Waals surface area contributed by atoms with Crippen molar-refractivity contribution < 1.29 is 9.28 Å². The zero-order valence-corrected chi connectivity index (χ0v) is 20.6. The molecule has 2 unspecified atom stereocenters. The predicted molar refractivity (Wildman–Crippen MR) is 131 cm³/mol. The van der Waals surface area contributed by atoms with Gasteiger partial charge in [0.2, 0.25) is 5.91 Å². The molecule has 0 saturated heterocycles. The number of aliphatic imine (C=N–C) groups is 1. The molecule has 0 aromatic carbocycles. The Kier molecular flexibility index (Phi) is 14.8. The Hall–Kier alpha value is -1.16. The third-order valence-electron chi connectivity index (χ3n) is 6.70. The summed E-state index contributed by atoms with van der Waals surface area (Å²) < 4.78 is 0.856. The summed E-state index contributed by atoms with van der Waals surface area (Å²) in [7, 11) is 0. The van der Waals surface area contributed by atoms with Crippen LogP contribution in [0.25, 0.3) is 0 Å². The summed E-state index contributed by atoms with van der Waals surface area (Å²) in [6.07, 6.45) is 23.4. The molecule has 0 aromatic heterocycles. The number of nitrogens with one attached hydrogen (secondary N) is 1. The number of nitrogens with zero attached hydrogens (tertiary/aromatic N) is 2. The lowest BCUT2D eigenvalue weighted by atomic mass is 10.0. The smallest absolute Gasteiger partial charge is 0.221 e. The number of carbonyl (C=O) groups excluding carboxylic acids is 1. The molecule has 0 spiro atoms. The molecule has 1 rings (SSSR count). The van der Waals surface area contributed by atoms with Crippen LogP contribution in [0, 0.1) is 0 Å². The fourth-order valence-electron chi connectivity index (χ4n) is 4.80. The molecular weight excluding hydrogens is 370 g/mol. The number of hydrogen-bond acceptors (Lipinski definition) is 2. The van der Waals surface area contributed by atoms with Gasteiger partial charge >= 0.3 is 0 Å². The van der Waals surface area contributed by atoms with E-state index in [9.17, 15) is 4.79 Å². The Labute approximate surface area is 187 Å². The van der Waals surface area contributed by atoms with E-state index < -0.39 is 0 Å². The Morgan fingerprint density at radius 1 is 0.967 bits per heavy atom. The summed E-state index contributed by atoms with van der Waals surface area (Å²) in [6.45, 7) is 11.1. The van der Waals surface area contributed by atoms with Crippen LogP contribution < -0.4 is 5.32 Å². The van der Waals surface area contributed by atoms with Gasteiger partial charge in [0, 0.05) is 20.3 Å². The highest BCUT2D eigenvalue weighted by Gasteiger charge is 2.41. The number of rotatable bonds is 18. The molecule has 1 N–H and O–H groups in total. The predicted octanol–water partition coefficient (Wildman–Crippen LogP) is 6.75. The third-order valence-corrected chi connectivity index (χ3v) is 6.70. The Morgan fingerprint density at radius 3 is 2.07 bits per heavy atom. The fraction of sp³-hybridized carbons (Fsp3) is 0.846. The van der Waals surface area contributed by atoms with Gasteiger partial charge in [-0.15, -0.1) is 0 Å². The average Bonchev–Trinajstić information content (AvgIpc) is 3.14. The minimum atomic E-state index is 0.0591. The number of amides is 1. The van der Waals surface area contributed by atoms with E-state index in [0.29, 0.717) is 0 Å². The maximum atomic E-state index is 11.5. The molecule has 174 valence electrons. The largest absolute Gasteiger partial charge is 0.307 e. The molecule has 4 heteroatoms. The molecule has 30 heavy (non-hydrogen) atoms. The SMILES string of the molecule is CC/C=C/CCCCCCCCCCCCCC1=NCC[N+]1(CC)C(C)NC(C)=O. The molecule has 1 aliphatic heterocycles. The second-order valence-corrected chi connectivity index (χ2v) is 9.06. The first-order valence-electron chi connectivity index (χ1n) is 12.9. The minimum Gasteiger partial charge on any atom is -0.307 e. The van der Waals surface area contributed by atoms with E-state index in [4.69, 9.17) is 4.99 Å². The highest BCUT2D eigenvalue weighted by molar-refractivity contribution is 5.78. The summed E-state index contributed by atoms with van der Waals surface area (Å²) in [5.74, 6) is 1.37. The summed E-state index contributed by atoms with van der Waals surface area (Å²) in [5, 5.41) is 3.11. The van der Waals surface area contributed by atoms with E-state index in [2.05, 4.69) is 38.2 Å². The summed E-state index contributed by atoms with van der Waals surface area (Å²) in [5.41, 5.74) is 0. The van der Waals surface area contributed by atoms with Gasteiger partial charge < -0.3 is 5.32 Å². The van der Waals surface area contributed by atoms with Crippen molar-refractivity contribution in [2.24, 2.45) is 4.99 Å². The van der Waals surface area contributed by atoms with Crippen molar-refractivity contribution in [1.29, 1.82) is 0 Å². The summed E-state index contributed by atoms with van der Waals surface area (Å²) >= 11 is 0. The fourth-order valence-corrected chi connectivity index (χ4v) is 4.80. The van der Waals surface area contributed by atoms with Crippen LogP contribution in [0.4, 0.5) is 0 Å². The van der Waals surface area contributed by atoms with Crippen molar-refractivity contribution in [1.82, 2.24) is 5.32 Å². The molecule has 1 heterocycles. The molecule has 1 aliphatic rings. The van der Waals surface area contributed by atoms with E-state index in [1.165, 1.54) is 89.3 Å². The van der Waals surface area contributed by atoms with Crippen molar-refractivity contribution in [2.45, 2.75) is 124 Å². The van der Waals surface area contributed by atoms with E-state index >= 15 is 0 Å². The lowest BCUT2D eigenvalue weighted by Crippen LogP contribution is -2.62. The van der Waals surface area contributed by atoms with Crippen LogP contribution in [0.1, 0.15) is 118 Å². The number of amidine groups is 1. The standard InChI is InChI=1S/C26H49N3O/c1-5-7-8-9-10-11-12-13-14-15-16-17-18-19-20-21-26-27-22-23-29(26,6-2)24(3)28-25(4)30/h7-8,24H,5-6,9-23H2,1-4H3/p+1/b8-7+. The van der Waals surface area contributed by atoms with Crippen LogP contribution in [-0.2, 0) is 4.79 Å². The molecule has 0 radical (unpaired) electrons. The maximum Gasteiger partial charge on any atom is 0.221 e. The summed E-state index contributed by atoms with van der Waals surface area (Å²) in [4.78, 5) is 16.3. The number of likely N-dealkylation sites (N-methyl/N-ethyl adjacent to an activating group) is 1. The van der Waals surface area contributed by atoms with Crippen molar-refractivity contribution in [3.63, 3.8) is 0 Å². The van der Waals surface area contributed by atoms with Crippen LogP contribution in [0.2, 0.25) is 0 Å². The molecule has 0 fully saturated rings. The third kappa shape index (κ3) is 10.2. The van der Waals surface area contributed by atoms with Crippen LogP contribution >= 0.6 is 0 Å². The van der Waals surface area contributed by atoms with Crippen LogP contribution in [0.15, 0.2) is 17.1 Å². The first-order valence-corrected chi connectivity index (χ1v) is 12.9. The van der Waals surface area contributed by atoms with Crippen LogP contribution in [-0.4, -0.2) is 42.0 Å². The number of carbonyl (C=O) groups is 1. The van der Waals surface area contributed by atoms with Gasteiger partial charge in [-0.05, 0) is 32.6 Å². The number of allylic oxidation sites excluding steroid dienone is 2. The normalized spacial score (nSPS) is 19.9. The highest BCUT2D eigenvalue weighted by Crippen LogP contribution is 2.23. The number of quaternary nitrogens is 1. The van der Waals surface area contributed by atoms with Crippen molar-refractivity contribution in [3.8, 4) is 0 Å². The van der Waals surface area contributed by atoms with Gasteiger partial charge in [-0.1, -0.05) is 76.9 Å². The van der Waals surface area contributed by atoms with Gasteiger partial charge in [0.05, 0.1) is 13.1 Å². The lowest BCUT2D eigenvalue weighted by molar-refractivity contribution is -0.861. The van der Waals surface area contributed by atoms with Crippen LogP contribution in [0.3, 0.4) is 0 Å². The van der Waals surface area contributed by atoms with Gasteiger partial charge in [-0.3, -0.25) is 9.28 Å². The first kappa shape index (κ1) is 26.9. The van der Waals surface area contributed by atoms with Gasteiger partial charge in [-0.25, -0.2) is 4.99 Å². The zero-order chi connectivity index (χ0) is 22.1. The molecule has 0 aliphatic carbocycles. The van der Waals surface area contributed by atoms with Crippen molar-refractivity contribution in [2.75, 3.05) is 19.6 Å². The van der Waals surface area contributed by atoms with E-state index in [1.807, 2.05) is 0 Å². The topological polar surface area (TPSA) is 41.5 Å². The monoisotopic (exact) mass is 420 g/mol. The second kappa shape index (κ2) is 16.5. The molecule has 4 nitrogen and oxygen atoms in total. The average molecular weight is 421 g/mol. The highest BCUT2D eigenvalue weighted by atomic mass is 16.1. The van der Waals surface area contributed by atoms with E-state index in [1.54, 1.807) is 6.92 Å². The second-order valence-electron chi connectivity index (χ2n) is 9.06. The van der Waals surface area contributed by atoms with Crippen LogP contribution in [0.5, 0.6) is 0 Å². The maximum absolute atomic E-state index is 11.5. The van der Waals surface area contributed by atoms with Crippen molar-refractivity contribution >= 4 is 11.7 Å². The summed E-state index contributed by atoms with van der Waals surface area (Å²) in [6, 6.07) is 0. The number of hydrogen-bond donors (Lipinski definition) is 1. The Bertz CT molecular complexity index is 514. The van der Waals surface area contributed by atoms with Crippen molar-refractivity contribution in [3.05, 3.63) is 12.2 Å². The van der Waals surface area contributed by atoms with Gasteiger partial charge in [0.25, 0.3) is 0 Å². The van der Waals surface area contributed by atoms with E-state index in [-0.39, 0.29) is 12.1 Å². The Balaban J connectivity index is 2.04. The number of unbranched alkanes of at least 4 members (excludes halogenated alkanes) is 11. The Morgan fingerprint density at radius 2 is 1.53 bits per heavy atom. The zero-order valence-electron chi connectivity index (χ0n) is 20.6. The molecule has 0 saturated carbocycles. The molecule has 0 aromatic rings. The first-order chi connectivity index (χ1) is 14.6. The minimum absolute atomic E-state index is 0.0591. The van der Waals surface area contributed by atoms with Gasteiger partial charge in [0.15, 0.2) is 12.0 Å². The molecule has 0 bridgehead atoms. The van der Waals surface area contributed by atoms with Gasteiger partial charge in [0.1, 0.15) is 6.54 Å².